The molecule has 1 N–H and O–H groups in total. The van der Waals surface area contributed by atoms with Crippen molar-refractivity contribution < 1.29 is 12.3 Å². The first-order valence-corrected chi connectivity index (χ1v) is 5.07. The first-order valence-electron chi connectivity index (χ1n) is 3.52. The number of rotatable bonds is 3. The zero-order chi connectivity index (χ0) is 9.24. The van der Waals surface area contributed by atoms with E-state index in [1.807, 2.05) is 6.07 Å². The van der Waals surface area contributed by atoms with Crippen molar-refractivity contribution in [2.45, 2.75) is 6.42 Å². The van der Waals surface area contributed by atoms with E-state index in [0.29, 0.717) is 13.1 Å². The Bertz CT molecular complexity index is 307. The first-order chi connectivity index (χ1) is 5.47. The first kappa shape index (κ1) is 12.6. The molecular formula is C6H10ClFN2O2S. The van der Waals surface area contributed by atoms with Crippen molar-refractivity contribution in [3.63, 3.8) is 0 Å². The molecule has 1 rings (SSSR count). The Labute approximate surface area is 82.7 Å². The van der Waals surface area contributed by atoms with E-state index in [4.69, 9.17) is 5.26 Å². The van der Waals surface area contributed by atoms with Gasteiger partial charge < -0.3 is 5.32 Å². The van der Waals surface area contributed by atoms with Crippen LogP contribution in [0.25, 0.3) is 0 Å². The second-order valence-electron chi connectivity index (χ2n) is 2.99. The average Bonchev–Trinajstić information content (AvgIpc) is 1.84. The smallest absolute Gasteiger partial charge is 0.302 e. The van der Waals surface area contributed by atoms with Crippen LogP contribution in [0.15, 0.2) is 0 Å². The monoisotopic (exact) mass is 228 g/mol. The molecule has 0 aromatic carbocycles. The summed E-state index contributed by atoms with van der Waals surface area (Å²) < 4.78 is 32.3. The molecule has 7 heteroatoms. The third-order valence-corrected chi connectivity index (χ3v) is 2.68. The second-order valence-corrected chi connectivity index (χ2v) is 4.47. The Hall–Kier alpha value is -0.380. The lowest BCUT2D eigenvalue weighted by molar-refractivity contribution is 0.241. The van der Waals surface area contributed by atoms with Crippen molar-refractivity contribution >= 4 is 22.6 Å². The zero-order valence-electron chi connectivity index (χ0n) is 6.79. The highest BCUT2D eigenvalue weighted by Crippen LogP contribution is 2.26. The molecule has 0 aliphatic carbocycles. The molecule has 0 spiro atoms. The van der Waals surface area contributed by atoms with Crippen LogP contribution in [0.2, 0.25) is 0 Å². The summed E-state index contributed by atoms with van der Waals surface area (Å²) in [5.74, 6) is -0.553. The number of halogens is 2. The summed E-state index contributed by atoms with van der Waals surface area (Å²) in [5, 5.41) is 11.5. The Morgan fingerprint density at radius 2 is 2.08 bits per heavy atom. The number of hydrogen-bond donors (Lipinski definition) is 1. The van der Waals surface area contributed by atoms with Crippen LogP contribution in [0.1, 0.15) is 6.42 Å². The normalized spacial score (nSPS) is 19.4. The van der Waals surface area contributed by atoms with Crippen LogP contribution < -0.4 is 5.32 Å². The van der Waals surface area contributed by atoms with E-state index in [1.165, 1.54) is 0 Å². The fourth-order valence-electron chi connectivity index (χ4n) is 1.06. The van der Waals surface area contributed by atoms with Gasteiger partial charge in [-0.1, -0.05) is 0 Å². The van der Waals surface area contributed by atoms with Crippen molar-refractivity contribution in [3.8, 4) is 6.07 Å². The van der Waals surface area contributed by atoms with Gasteiger partial charge >= 0.3 is 10.2 Å². The third kappa shape index (κ3) is 3.46. The summed E-state index contributed by atoms with van der Waals surface area (Å²) >= 11 is 0. The van der Waals surface area contributed by atoms with Crippen LogP contribution in [0.5, 0.6) is 0 Å². The number of nitrogens with zero attached hydrogens (tertiary/aromatic N) is 1. The van der Waals surface area contributed by atoms with Gasteiger partial charge in [0.2, 0.25) is 0 Å². The highest BCUT2D eigenvalue weighted by atomic mass is 35.5. The summed E-state index contributed by atoms with van der Waals surface area (Å²) in [6, 6.07) is 1.99. The summed E-state index contributed by atoms with van der Waals surface area (Å²) in [4.78, 5) is 0. The highest BCUT2D eigenvalue weighted by molar-refractivity contribution is 7.86. The van der Waals surface area contributed by atoms with E-state index in [0.717, 1.165) is 0 Å². The van der Waals surface area contributed by atoms with Crippen LogP contribution in [0, 0.1) is 16.7 Å². The third-order valence-electron chi connectivity index (χ3n) is 1.99. The van der Waals surface area contributed by atoms with Gasteiger partial charge in [0.25, 0.3) is 0 Å². The molecular weight excluding hydrogens is 219 g/mol. The molecule has 0 bridgehead atoms. The van der Waals surface area contributed by atoms with Gasteiger partial charge in [-0.05, 0) is 6.42 Å². The molecule has 1 fully saturated rings. The molecule has 76 valence electrons. The zero-order valence-corrected chi connectivity index (χ0v) is 8.42. The van der Waals surface area contributed by atoms with Gasteiger partial charge in [0.1, 0.15) is 0 Å². The van der Waals surface area contributed by atoms with Gasteiger partial charge in [0.05, 0.1) is 17.2 Å². The number of nitriles is 1. The van der Waals surface area contributed by atoms with Crippen molar-refractivity contribution in [3.05, 3.63) is 0 Å². The summed E-state index contributed by atoms with van der Waals surface area (Å²) in [7, 11) is -4.42. The van der Waals surface area contributed by atoms with Crippen LogP contribution >= 0.6 is 12.4 Å². The molecule has 0 saturated carbocycles. The van der Waals surface area contributed by atoms with Crippen LogP contribution in [-0.4, -0.2) is 27.3 Å². The van der Waals surface area contributed by atoms with E-state index in [1.54, 1.807) is 0 Å². The predicted octanol–water partition coefficient (Wildman–Crippen LogP) is 0.211. The molecule has 13 heavy (non-hydrogen) atoms. The quantitative estimate of drug-likeness (QED) is 0.702. The number of hydrogen-bond acceptors (Lipinski definition) is 4. The largest absolute Gasteiger partial charge is 0.313 e. The molecule has 1 aliphatic heterocycles. The summed E-state index contributed by atoms with van der Waals surface area (Å²) in [5.41, 5.74) is -0.654. The van der Waals surface area contributed by atoms with Crippen LogP contribution in [-0.2, 0) is 10.2 Å². The summed E-state index contributed by atoms with van der Waals surface area (Å²) in [6.07, 6.45) is 0.0787. The lowest BCUT2D eigenvalue weighted by Gasteiger charge is -2.35. The fraction of sp³-hybridized carbons (Fsp3) is 0.833. The van der Waals surface area contributed by atoms with Gasteiger partial charge in [0, 0.05) is 13.1 Å². The Morgan fingerprint density at radius 3 is 2.31 bits per heavy atom. The van der Waals surface area contributed by atoms with Crippen molar-refractivity contribution in [1.82, 2.24) is 5.32 Å². The second kappa shape index (κ2) is 4.22. The van der Waals surface area contributed by atoms with Gasteiger partial charge in [-0.3, -0.25) is 0 Å². The molecule has 0 aromatic rings. The molecule has 0 radical (unpaired) electrons. The van der Waals surface area contributed by atoms with E-state index in [9.17, 15) is 12.3 Å². The maximum Gasteiger partial charge on any atom is 0.302 e. The minimum Gasteiger partial charge on any atom is -0.313 e. The minimum absolute atomic E-state index is 0. The maximum absolute atomic E-state index is 12.1. The molecule has 1 saturated heterocycles. The van der Waals surface area contributed by atoms with Gasteiger partial charge in [-0.2, -0.15) is 13.7 Å². The van der Waals surface area contributed by atoms with E-state index >= 15 is 0 Å². The molecule has 0 atom stereocenters. The van der Waals surface area contributed by atoms with Gasteiger partial charge in [-0.15, -0.1) is 16.3 Å². The standard InChI is InChI=1S/C6H9FN2O2S.ClH/c7-12(10,11)2-1-6(3-8)4-9-5-6;/h9H,1-2,4-5H2;1H. The molecule has 1 aliphatic rings. The SMILES string of the molecule is Cl.N#CC1(CCS(=O)(=O)F)CNC1. The van der Waals surface area contributed by atoms with Gasteiger partial charge in [-0.25, -0.2) is 0 Å². The molecule has 4 nitrogen and oxygen atoms in total. The average molecular weight is 229 g/mol. The van der Waals surface area contributed by atoms with Gasteiger partial charge in [0.15, 0.2) is 0 Å². The van der Waals surface area contributed by atoms with E-state index < -0.39 is 21.4 Å². The van der Waals surface area contributed by atoms with Crippen molar-refractivity contribution in [2.75, 3.05) is 18.8 Å². The number of nitrogens with one attached hydrogen (secondary N) is 1. The topological polar surface area (TPSA) is 70.0 Å². The molecule has 0 amide bonds. The minimum atomic E-state index is -4.42. The van der Waals surface area contributed by atoms with E-state index in [2.05, 4.69) is 5.32 Å². The molecule has 0 unspecified atom stereocenters. The Balaban J connectivity index is 0.00000144. The summed E-state index contributed by atoms with van der Waals surface area (Å²) in [6.45, 7) is 0.915. The fourth-order valence-corrected chi connectivity index (χ4v) is 1.69. The Kier molecular flexibility index (Phi) is 4.10. The predicted molar refractivity (Wildman–Crippen MR) is 47.7 cm³/mol. The van der Waals surface area contributed by atoms with Crippen molar-refractivity contribution in [2.24, 2.45) is 5.41 Å². The highest BCUT2D eigenvalue weighted by Gasteiger charge is 2.37. The lowest BCUT2D eigenvalue weighted by Crippen LogP contribution is -2.53. The van der Waals surface area contributed by atoms with Crippen LogP contribution in [0.3, 0.4) is 0 Å². The molecule has 0 aromatic heterocycles. The van der Waals surface area contributed by atoms with E-state index in [-0.39, 0.29) is 18.8 Å². The maximum atomic E-state index is 12.1. The Morgan fingerprint density at radius 1 is 1.54 bits per heavy atom. The van der Waals surface area contributed by atoms with Crippen molar-refractivity contribution in [1.29, 1.82) is 5.26 Å². The van der Waals surface area contributed by atoms with Crippen LogP contribution in [0.4, 0.5) is 3.89 Å². The molecule has 1 heterocycles. The lowest BCUT2D eigenvalue weighted by atomic mass is 9.81.